The van der Waals surface area contributed by atoms with Crippen LogP contribution >= 0.6 is 11.6 Å². The lowest BCUT2D eigenvalue weighted by atomic mass is 9.48. The van der Waals surface area contributed by atoms with Gasteiger partial charge in [0.05, 0.1) is 11.5 Å². The molecule has 1 unspecified atom stereocenters. The number of carbonyl (C=O) groups excluding carboxylic acids is 1. The van der Waals surface area contributed by atoms with Gasteiger partial charge in [0.25, 0.3) is 0 Å². The van der Waals surface area contributed by atoms with Gasteiger partial charge < -0.3 is 4.90 Å². The van der Waals surface area contributed by atoms with E-state index >= 15 is 0 Å². The minimum absolute atomic E-state index is 0.00598. The molecule has 0 aromatic heterocycles. The van der Waals surface area contributed by atoms with E-state index in [-0.39, 0.29) is 16.7 Å². The molecule has 2 fully saturated rings. The van der Waals surface area contributed by atoms with Gasteiger partial charge in [0, 0.05) is 18.5 Å². The molecule has 4 heteroatoms. The Bertz CT molecular complexity index is 562. The molecule has 1 aromatic rings. The van der Waals surface area contributed by atoms with Crippen molar-refractivity contribution in [1.82, 2.24) is 4.90 Å². The number of nitrogens with zero attached hydrogens (tertiary/aromatic N) is 2. The molecule has 3 nitrogen and oxygen atoms in total. The van der Waals surface area contributed by atoms with Crippen LogP contribution in [0.1, 0.15) is 25.3 Å². The molecule has 1 amide bonds. The fraction of sp³-hybridized carbons (Fsp3) is 0.500. The van der Waals surface area contributed by atoms with Crippen molar-refractivity contribution in [3.05, 3.63) is 35.9 Å². The number of nitriles is 1. The number of rotatable bonds is 2. The van der Waals surface area contributed by atoms with Crippen LogP contribution in [0, 0.1) is 16.7 Å². The van der Waals surface area contributed by atoms with Gasteiger partial charge in [-0.05, 0) is 25.3 Å². The van der Waals surface area contributed by atoms with Crippen LogP contribution in [0.2, 0.25) is 0 Å². The fourth-order valence-electron chi connectivity index (χ4n) is 3.73. The Hall–Kier alpha value is -1.53. The SMILES string of the molecule is CC(Cl)C(=O)N1CC2(C1)CC(C#N)(c1ccccc1)C2. The molecule has 1 aliphatic carbocycles. The van der Waals surface area contributed by atoms with Gasteiger partial charge >= 0.3 is 0 Å². The van der Waals surface area contributed by atoms with Gasteiger partial charge in [-0.15, -0.1) is 11.6 Å². The molecule has 20 heavy (non-hydrogen) atoms. The highest BCUT2D eigenvalue weighted by Crippen LogP contribution is 2.59. The number of amides is 1. The molecule has 3 rings (SSSR count). The second kappa shape index (κ2) is 4.49. The Balaban J connectivity index is 1.67. The normalized spacial score (nSPS) is 23.4. The zero-order valence-electron chi connectivity index (χ0n) is 11.5. The predicted molar refractivity (Wildman–Crippen MR) is 77.3 cm³/mol. The topological polar surface area (TPSA) is 44.1 Å². The fourth-order valence-corrected chi connectivity index (χ4v) is 3.87. The van der Waals surface area contributed by atoms with Crippen LogP contribution in [0.4, 0.5) is 0 Å². The van der Waals surface area contributed by atoms with Crippen molar-refractivity contribution in [2.24, 2.45) is 5.41 Å². The minimum atomic E-state index is -0.456. The summed E-state index contributed by atoms with van der Waals surface area (Å²) in [6.07, 6.45) is 1.70. The molecular weight excluding hydrogens is 272 g/mol. The molecule has 1 heterocycles. The number of hydrogen-bond acceptors (Lipinski definition) is 2. The van der Waals surface area contributed by atoms with E-state index in [4.69, 9.17) is 11.6 Å². The van der Waals surface area contributed by atoms with Crippen molar-refractivity contribution in [2.75, 3.05) is 13.1 Å². The van der Waals surface area contributed by atoms with Gasteiger partial charge in [-0.25, -0.2) is 0 Å². The van der Waals surface area contributed by atoms with E-state index in [0.29, 0.717) is 0 Å². The summed E-state index contributed by atoms with van der Waals surface area (Å²) in [6, 6.07) is 12.5. The summed E-state index contributed by atoms with van der Waals surface area (Å²) in [6.45, 7) is 3.21. The number of hydrogen-bond donors (Lipinski definition) is 0. The van der Waals surface area contributed by atoms with Crippen molar-refractivity contribution in [2.45, 2.75) is 30.6 Å². The van der Waals surface area contributed by atoms with E-state index in [1.54, 1.807) is 6.92 Å². The summed E-state index contributed by atoms with van der Waals surface area (Å²) < 4.78 is 0. The first kappa shape index (κ1) is 13.5. The van der Waals surface area contributed by atoms with Crippen LogP contribution < -0.4 is 0 Å². The van der Waals surface area contributed by atoms with E-state index in [9.17, 15) is 10.1 Å². The lowest BCUT2D eigenvalue weighted by molar-refractivity contribution is -0.154. The molecular formula is C16H17ClN2O. The Morgan fingerprint density at radius 2 is 1.95 bits per heavy atom. The smallest absolute Gasteiger partial charge is 0.240 e. The molecule has 1 spiro atoms. The maximum absolute atomic E-state index is 11.8. The predicted octanol–water partition coefficient (Wildman–Crippen LogP) is 2.70. The van der Waals surface area contributed by atoms with Crippen molar-refractivity contribution in [3.8, 4) is 6.07 Å². The summed E-state index contributed by atoms with van der Waals surface area (Å²) >= 11 is 5.83. The molecule has 1 aromatic carbocycles. The number of halogens is 1. The summed E-state index contributed by atoms with van der Waals surface area (Å²) in [5.41, 5.74) is 0.888. The van der Waals surface area contributed by atoms with E-state index in [2.05, 4.69) is 6.07 Å². The maximum atomic E-state index is 11.8. The molecule has 0 bridgehead atoms. The van der Waals surface area contributed by atoms with Crippen LogP contribution in [0.3, 0.4) is 0 Å². The molecule has 1 atom stereocenters. The highest BCUT2D eigenvalue weighted by Gasteiger charge is 2.61. The average Bonchev–Trinajstić information content (AvgIpc) is 2.37. The first-order valence-electron chi connectivity index (χ1n) is 6.90. The van der Waals surface area contributed by atoms with Gasteiger partial charge in [0.1, 0.15) is 5.38 Å². The van der Waals surface area contributed by atoms with Crippen molar-refractivity contribution in [3.63, 3.8) is 0 Å². The molecule has 0 N–H and O–H groups in total. The van der Waals surface area contributed by atoms with Crippen LogP contribution in [-0.4, -0.2) is 29.3 Å². The number of benzene rings is 1. The third kappa shape index (κ3) is 1.91. The van der Waals surface area contributed by atoms with Gasteiger partial charge in [-0.2, -0.15) is 5.26 Å². The van der Waals surface area contributed by atoms with Gasteiger partial charge in [0.15, 0.2) is 0 Å². The quantitative estimate of drug-likeness (QED) is 0.786. The first-order chi connectivity index (χ1) is 9.50. The number of likely N-dealkylation sites (tertiary alicyclic amines) is 1. The lowest BCUT2D eigenvalue weighted by Gasteiger charge is -2.62. The minimum Gasteiger partial charge on any atom is -0.340 e. The lowest BCUT2D eigenvalue weighted by Crippen LogP contribution is -2.68. The average molecular weight is 289 g/mol. The molecule has 1 aliphatic heterocycles. The molecule has 104 valence electrons. The number of alkyl halides is 1. The first-order valence-corrected chi connectivity index (χ1v) is 7.34. The van der Waals surface area contributed by atoms with Gasteiger partial charge in [-0.3, -0.25) is 4.79 Å². The maximum Gasteiger partial charge on any atom is 0.240 e. The summed E-state index contributed by atoms with van der Waals surface area (Å²) in [5, 5.41) is 9.10. The zero-order valence-corrected chi connectivity index (χ0v) is 12.2. The third-order valence-corrected chi connectivity index (χ3v) is 4.79. The van der Waals surface area contributed by atoms with Gasteiger partial charge in [0.2, 0.25) is 5.91 Å². The Labute approximate surface area is 124 Å². The van der Waals surface area contributed by atoms with Crippen LogP contribution in [0.25, 0.3) is 0 Å². The molecule has 2 aliphatic rings. The third-order valence-electron chi connectivity index (χ3n) is 4.60. The summed E-state index contributed by atoms with van der Waals surface area (Å²) in [7, 11) is 0. The van der Waals surface area contributed by atoms with Gasteiger partial charge in [-0.1, -0.05) is 30.3 Å². The zero-order chi connectivity index (χ0) is 14.4. The Morgan fingerprint density at radius 3 is 2.45 bits per heavy atom. The van der Waals surface area contributed by atoms with Crippen LogP contribution in [0.5, 0.6) is 0 Å². The largest absolute Gasteiger partial charge is 0.340 e. The standard InChI is InChI=1S/C16H17ClN2O/c1-12(17)14(20)19-10-15(11-19)7-16(8-15,9-18)13-5-3-2-4-6-13/h2-6,12H,7-8,10-11H2,1H3. The molecule has 1 saturated carbocycles. The van der Waals surface area contributed by atoms with E-state index in [0.717, 1.165) is 31.5 Å². The summed E-state index contributed by atoms with van der Waals surface area (Å²) in [5.74, 6) is 0.00598. The molecule has 0 radical (unpaired) electrons. The second-order valence-corrected chi connectivity index (χ2v) is 6.88. The molecule has 1 saturated heterocycles. The van der Waals surface area contributed by atoms with E-state index < -0.39 is 5.38 Å². The van der Waals surface area contributed by atoms with Crippen molar-refractivity contribution >= 4 is 17.5 Å². The highest BCUT2D eigenvalue weighted by molar-refractivity contribution is 6.30. The van der Waals surface area contributed by atoms with Crippen molar-refractivity contribution < 1.29 is 4.79 Å². The number of carbonyl (C=O) groups is 1. The van der Waals surface area contributed by atoms with E-state index in [1.807, 2.05) is 35.2 Å². The Morgan fingerprint density at radius 1 is 1.35 bits per heavy atom. The van der Waals surface area contributed by atoms with Crippen LogP contribution in [0.15, 0.2) is 30.3 Å². The second-order valence-electron chi connectivity index (χ2n) is 6.22. The van der Waals surface area contributed by atoms with E-state index in [1.165, 1.54) is 0 Å². The van der Waals surface area contributed by atoms with Crippen molar-refractivity contribution in [1.29, 1.82) is 5.26 Å². The van der Waals surface area contributed by atoms with Crippen LogP contribution in [-0.2, 0) is 10.2 Å². The Kier molecular flexibility index (Phi) is 3.02. The summed E-state index contributed by atoms with van der Waals surface area (Å²) in [4.78, 5) is 13.6. The highest BCUT2D eigenvalue weighted by atomic mass is 35.5. The monoisotopic (exact) mass is 288 g/mol.